The highest BCUT2D eigenvalue weighted by Crippen LogP contribution is 2.23. The molecule has 1 amide bonds. The summed E-state index contributed by atoms with van der Waals surface area (Å²) >= 11 is 0. The highest BCUT2D eigenvalue weighted by atomic mass is 16.5. The van der Waals surface area contributed by atoms with Gasteiger partial charge in [0.05, 0.1) is 13.5 Å². The van der Waals surface area contributed by atoms with E-state index in [4.69, 9.17) is 15.2 Å². The Morgan fingerprint density at radius 1 is 1.16 bits per heavy atom. The fourth-order valence-electron chi connectivity index (χ4n) is 3.26. The minimum Gasteiger partial charge on any atom is -0.497 e. The summed E-state index contributed by atoms with van der Waals surface area (Å²) in [5.41, 5.74) is 8.80. The van der Waals surface area contributed by atoms with Crippen molar-refractivity contribution in [1.82, 2.24) is 29.9 Å². The zero-order chi connectivity index (χ0) is 22.7. The Morgan fingerprint density at radius 2 is 1.97 bits per heavy atom. The zero-order valence-corrected chi connectivity index (χ0v) is 18.0. The number of rotatable bonds is 7. The number of nitrogens with one attached hydrogen (secondary N) is 1. The van der Waals surface area contributed by atoms with Crippen LogP contribution in [-0.2, 0) is 17.8 Å². The van der Waals surface area contributed by atoms with Crippen LogP contribution in [0.4, 0.5) is 5.95 Å². The molecule has 0 unspecified atom stereocenters. The highest BCUT2D eigenvalue weighted by Gasteiger charge is 2.15. The van der Waals surface area contributed by atoms with Crippen molar-refractivity contribution in [2.24, 2.45) is 0 Å². The van der Waals surface area contributed by atoms with Gasteiger partial charge >= 0.3 is 0 Å². The lowest BCUT2D eigenvalue weighted by atomic mass is 10.1. The maximum Gasteiger partial charge on any atom is 0.254 e. The van der Waals surface area contributed by atoms with E-state index in [1.54, 1.807) is 30.0 Å². The molecule has 0 saturated heterocycles. The molecule has 3 aromatic heterocycles. The Labute approximate surface area is 184 Å². The normalized spacial score (nSPS) is 10.8. The number of amides is 1. The lowest BCUT2D eigenvalue weighted by Crippen LogP contribution is -2.26. The van der Waals surface area contributed by atoms with Crippen molar-refractivity contribution in [3.8, 4) is 17.4 Å². The first-order chi connectivity index (χ1) is 15.4. The van der Waals surface area contributed by atoms with E-state index in [-0.39, 0.29) is 18.3 Å². The molecule has 1 aromatic carbocycles. The highest BCUT2D eigenvalue weighted by molar-refractivity contribution is 5.79. The van der Waals surface area contributed by atoms with Gasteiger partial charge in [0.25, 0.3) is 5.78 Å². The molecule has 3 N–H and O–H groups in total. The van der Waals surface area contributed by atoms with Crippen molar-refractivity contribution in [3.05, 3.63) is 65.1 Å². The molecular formula is C22H23N7O3. The van der Waals surface area contributed by atoms with Crippen molar-refractivity contribution < 1.29 is 14.3 Å². The average Bonchev–Trinajstić information content (AvgIpc) is 3.16. The smallest absolute Gasteiger partial charge is 0.254 e. The second-order valence-corrected chi connectivity index (χ2v) is 7.18. The molecule has 0 radical (unpaired) electrons. The van der Waals surface area contributed by atoms with Crippen LogP contribution in [0.2, 0.25) is 0 Å². The van der Waals surface area contributed by atoms with Crippen LogP contribution in [0.15, 0.2) is 42.6 Å². The number of fused-ring (bicyclic) bond motifs is 1. The minimum atomic E-state index is -0.137. The third-order valence-electron chi connectivity index (χ3n) is 4.95. The van der Waals surface area contributed by atoms with Gasteiger partial charge in [-0.25, -0.2) is 9.97 Å². The van der Waals surface area contributed by atoms with Crippen LogP contribution in [0.25, 0.3) is 5.78 Å². The number of benzene rings is 1. The Balaban J connectivity index is 1.36. The standard InChI is InChI=1S/C22H23N7O3/c1-13-18(14(2)29-22(26-13)27-21(23)28-29)10-19(30)24-11-15-7-8-20(25-12-15)32-17-6-4-5-16(9-17)31-3/h4-9,12H,10-11H2,1-3H3,(H2,23,28)(H,24,30). The molecule has 0 saturated carbocycles. The Bertz CT molecular complexity index is 1270. The molecule has 10 heteroatoms. The van der Waals surface area contributed by atoms with Gasteiger partial charge in [0.15, 0.2) is 0 Å². The van der Waals surface area contributed by atoms with Gasteiger partial charge in [0.1, 0.15) is 11.5 Å². The summed E-state index contributed by atoms with van der Waals surface area (Å²) in [7, 11) is 1.60. The van der Waals surface area contributed by atoms with E-state index in [1.807, 2.05) is 38.1 Å². The maximum absolute atomic E-state index is 12.5. The van der Waals surface area contributed by atoms with Crippen molar-refractivity contribution in [2.75, 3.05) is 12.8 Å². The molecule has 0 aliphatic rings. The van der Waals surface area contributed by atoms with E-state index in [0.717, 1.165) is 22.5 Å². The summed E-state index contributed by atoms with van der Waals surface area (Å²) in [5, 5.41) is 7.03. The number of aromatic nitrogens is 5. The van der Waals surface area contributed by atoms with Gasteiger partial charge in [0.2, 0.25) is 17.7 Å². The zero-order valence-electron chi connectivity index (χ0n) is 18.0. The van der Waals surface area contributed by atoms with Crippen LogP contribution >= 0.6 is 0 Å². The van der Waals surface area contributed by atoms with E-state index in [0.29, 0.717) is 29.7 Å². The molecule has 0 bridgehead atoms. The lowest BCUT2D eigenvalue weighted by molar-refractivity contribution is -0.120. The number of pyridine rings is 1. The number of nitrogens with zero attached hydrogens (tertiary/aromatic N) is 5. The average molecular weight is 433 g/mol. The molecule has 164 valence electrons. The molecule has 10 nitrogen and oxygen atoms in total. The molecule has 4 rings (SSSR count). The summed E-state index contributed by atoms with van der Waals surface area (Å²) in [6, 6.07) is 10.9. The SMILES string of the molecule is COc1cccc(Oc2ccc(CNC(=O)Cc3c(C)nc4nc(N)nn4c3C)cn2)c1. The van der Waals surface area contributed by atoms with Gasteiger partial charge in [-0.3, -0.25) is 4.79 Å². The lowest BCUT2D eigenvalue weighted by Gasteiger charge is -2.11. The van der Waals surface area contributed by atoms with Crippen molar-refractivity contribution in [2.45, 2.75) is 26.8 Å². The summed E-state index contributed by atoms with van der Waals surface area (Å²) in [5.74, 6) is 2.21. The molecule has 0 spiro atoms. The van der Waals surface area contributed by atoms with Gasteiger partial charge in [-0.15, -0.1) is 5.10 Å². The predicted octanol–water partition coefficient (Wildman–Crippen LogP) is 2.38. The number of anilines is 1. The van der Waals surface area contributed by atoms with Gasteiger partial charge in [-0.05, 0) is 31.5 Å². The van der Waals surface area contributed by atoms with E-state index < -0.39 is 0 Å². The fourth-order valence-corrected chi connectivity index (χ4v) is 3.26. The number of hydrogen-bond acceptors (Lipinski definition) is 8. The monoisotopic (exact) mass is 433 g/mol. The molecule has 4 aromatic rings. The summed E-state index contributed by atoms with van der Waals surface area (Å²) in [4.78, 5) is 25.3. The maximum atomic E-state index is 12.5. The molecule has 32 heavy (non-hydrogen) atoms. The number of carbonyl (C=O) groups excluding carboxylic acids is 1. The van der Waals surface area contributed by atoms with Crippen LogP contribution < -0.4 is 20.5 Å². The number of methoxy groups -OCH3 is 1. The second kappa shape index (κ2) is 8.88. The molecule has 0 aliphatic carbocycles. The van der Waals surface area contributed by atoms with Crippen LogP contribution in [0, 0.1) is 13.8 Å². The summed E-state index contributed by atoms with van der Waals surface area (Å²) in [6.45, 7) is 4.05. The third kappa shape index (κ3) is 4.59. The second-order valence-electron chi connectivity index (χ2n) is 7.18. The van der Waals surface area contributed by atoms with Crippen LogP contribution in [0.1, 0.15) is 22.5 Å². The minimum absolute atomic E-state index is 0.137. The summed E-state index contributed by atoms with van der Waals surface area (Å²) < 4.78 is 12.5. The van der Waals surface area contributed by atoms with Crippen LogP contribution in [0.5, 0.6) is 17.4 Å². The van der Waals surface area contributed by atoms with E-state index >= 15 is 0 Å². The van der Waals surface area contributed by atoms with E-state index in [2.05, 4.69) is 25.4 Å². The first-order valence-electron chi connectivity index (χ1n) is 9.95. The number of aryl methyl sites for hydroxylation is 2. The number of carbonyl (C=O) groups is 1. The Morgan fingerprint density at radius 3 is 2.72 bits per heavy atom. The quantitative estimate of drug-likeness (QED) is 0.454. The fraction of sp³-hybridized carbons (Fsp3) is 0.227. The molecule has 0 fully saturated rings. The van der Waals surface area contributed by atoms with E-state index in [1.165, 1.54) is 0 Å². The number of ether oxygens (including phenoxy) is 2. The molecule has 0 atom stereocenters. The van der Waals surface area contributed by atoms with Crippen LogP contribution in [-0.4, -0.2) is 37.6 Å². The number of hydrogen-bond donors (Lipinski definition) is 2. The molecule has 0 aliphatic heterocycles. The predicted molar refractivity (Wildman–Crippen MR) is 118 cm³/mol. The van der Waals surface area contributed by atoms with Gasteiger partial charge in [-0.1, -0.05) is 12.1 Å². The topological polar surface area (TPSA) is 130 Å². The first-order valence-corrected chi connectivity index (χ1v) is 9.95. The Kier molecular flexibility index (Phi) is 5.84. The van der Waals surface area contributed by atoms with Crippen LogP contribution in [0.3, 0.4) is 0 Å². The molecule has 3 heterocycles. The van der Waals surface area contributed by atoms with Crippen molar-refractivity contribution in [3.63, 3.8) is 0 Å². The molecular weight excluding hydrogens is 410 g/mol. The van der Waals surface area contributed by atoms with E-state index in [9.17, 15) is 4.79 Å². The van der Waals surface area contributed by atoms with Gasteiger partial charge in [0, 0.05) is 41.8 Å². The third-order valence-corrected chi connectivity index (χ3v) is 4.95. The Hall–Kier alpha value is -4.21. The van der Waals surface area contributed by atoms with Gasteiger partial charge < -0.3 is 20.5 Å². The van der Waals surface area contributed by atoms with Gasteiger partial charge in [-0.2, -0.15) is 9.50 Å². The largest absolute Gasteiger partial charge is 0.497 e. The number of nitrogens with two attached hydrogens (primary N) is 1. The van der Waals surface area contributed by atoms with Crippen molar-refractivity contribution in [1.29, 1.82) is 0 Å². The van der Waals surface area contributed by atoms with Crippen molar-refractivity contribution >= 4 is 17.6 Å². The summed E-state index contributed by atoms with van der Waals surface area (Å²) in [6.07, 6.45) is 1.84. The first kappa shape index (κ1) is 21.0. The number of nitrogen functional groups attached to an aromatic ring is 1.